The van der Waals surface area contributed by atoms with Crippen molar-refractivity contribution >= 4 is 12.0 Å². The molecular weight excluding hydrogens is 312 g/mol. The summed E-state index contributed by atoms with van der Waals surface area (Å²) in [6, 6.07) is -0.821. The van der Waals surface area contributed by atoms with Crippen LogP contribution in [0.4, 0.5) is 4.79 Å². The summed E-state index contributed by atoms with van der Waals surface area (Å²) in [6.45, 7) is 6.72. The zero-order valence-electron chi connectivity index (χ0n) is 14.9. The second kappa shape index (κ2) is 7.98. The first-order valence-corrected chi connectivity index (χ1v) is 8.35. The lowest BCUT2D eigenvalue weighted by atomic mass is 10.0. The minimum absolute atomic E-state index is 0.0362. The van der Waals surface area contributed by atoms with Gasteiger partial charge in [-0.3, -0.25) is 4.79 Å². The minimum Gasteiger partial charge on any atom is -0.444 e. The molecule has 2 aliphatic rings. The van der Waals surface area contributed by atoms with Gasteiger partial charge in [-0.15, -0.1) is 0 Å². The summed E-state index contributed by atoms with van der Waals surface area (Å²) in [5.41, 5.74) is -0.606. The van der Waals surface area contributed by atoms with Crippen LogP contribution < -0.4 is 5.32 Å². The highest BCUT2D eigenvalue weighted by atomic mass is 16.6. The van der Waals surface area contributed by atoms with Gasteiger partial charge in [0.2, 0.25) is 5.91 Å². The van der Waals surface area contributed by atoms with Crippen LogP contribution in [0.2, 0.25) is 0 Å². The first kappa shape index (κ1) is 18.7. The Labute approximate surface area is 143 Å². The Bertz CT molecular complexity index is 484. The van der Waals surface area contributed by atoms with E-state index in [-0.39, 0.29) is 18.0 Å². The van der Waals surface area contributed by atoms with E-state index in [0.717, 1.165) is 6.42 Å². The van der Waals surface area contributed by atoms with Crippen LogP contribution in [-0.4, -0.2) is 67.6 Å². The zero-order valence-corrected chi connectivity index (χ0v) is 14.9. The molecule has 3 atom stereocenters. The van der Waals surface area contributed by atoms with Crippen LogP contribution in [0.3, 0.4) is 0 Å². The van der Waals surface area contributed by atoms with Crippen molar-refractivity contribution in [2.45, 2.75) is 57.3 Å². The van der Waals surface area contributed by atoms with E-state index in [2.05, 4.69) is 5.32 Å². The Balaban J connectivity index is 2.13. The molecule has 0 aromatic carbocycles. The third-order valence-electron chi connectivity index (χ3n) is 3.96. The third-order valence-corrected chi connectivity index (χ3v) is 3.96. The summed E-state index contributed by atoms with van der Waals surface area (Å²) in [5, 5.41) is 2.70. The number of morpholine rings is 1. The average Bonchev–Trinajstić information content (AvgIpc) is 2.47. The molecule has 2 aliphatic heterocycles. The molecule has 24 heavy (non-hydrogen) atoms. The molecule has 0 bridgehead atoms. The first-order valence-electron chi connectivity index (χ1n) is 8.35. The SMILES string of the molecule is COCC1COCC2C/C=C\CC(NC(=O)OC(C)(C)C)C(=O)N21. The number of fused-ring (bicyclic) bond motifs is 1. The molecule has 136 valence electrons. The van der Waals surface area contributed by atoms with Gasteiger partial charge in [0.15, 0.2) is 0 Å². The van der Waals surface area contributed by atoms with E-state index in [1.54, 1.807) is 27.9 Å². The lowest BCUT2D eigenvalue weighted by Crippen LogP contribution is -2.61. The number of rotatable bonds is 3. The van der Waals surface area contributed by atoms with Crippen molar-refractivity contribution in [1.82, 2.24) is 10.2 Å². The molecule has 2 amide bonds. The predicted octanol–water partition coefficient (Wildman–Crippen LogP) is 1.47. The number of carbonyl (C=O) groups excluding carboxylic acids is 2. The molecule has 0 aromatic heterocycles. The summed E-state index contributed by atoms with van der Waals surface area (Å²) in [4.78, 5) is 26.9. The Hall–Kier alpha value is -1.60. The van der Waals surface area contributed by atoms with Gasteiger partial charge >= 0.3 is 6.09 Å². The monoisotopic (exact) mass is 340 g/mol. The van der Waals surface area contributed by atoms with Gasteiger partial charge in [0.05, 0.1) is 31.9 Å². The van der Waals surface area contributed by atoms with E-state index in [0.29, 0.717) is 26.2 Å². The van der Waals surface area contributed by atoms with Crippen molar-refractivity contribution in [2.24, 2.45) is 0 Å². The lowest BCUT2D eigenvalue weighted by molar-refractivity contribution is -0.151. The summed E-state index contributed by atoms with van der Waals surface area (Å²) in [5.74, 6) is -0.111. The number of hydrogen-bond acceptors (Lipinski definition) is 5. The van der Waals surface area contributed by atoms with Crippen LogP contribution in [0, 0.1) is 0 Å². The highest BCUT2D eigenvalue weighted by Crippen LogP contribution is 2.22. The van der Waals surface area contributed by atoms with Crippen LogP contribution in [0.5, 0.6) is 0 Å². The van der Waals surface area contributed by atoms with E-state index in [9.17, 15) is 9.59 Å². The van der Waals surface area contributed by atoms with Crippen molar-refractivity contribution in [2.75, 3.05) is 26.9 Å². The lowest BCUT2D eigenvalue weighted by Gasteiger charge is -2.43. The summed E-state index contributed by atoms with van der Waals surface area (Å²) in [7, 11) is 1.61. The largest absolute Gasteiger partial charge is 0.444 e. The van der Waals surface area contributed by atoms with Crippen molar-refractivity contribution in [3.8, 4) is 0 Å². The molecule has 1 saturated heterocycles. The predicted molar refractivity (Wildman–Crippen MR) is 88.6 cm³/mol. The van der Waals surface area contributed by atoms with Gasteiger partial charge in [0.25, 0.3) is 0 Å². The van der Waals surface area contributed by atoms with Crippen LogP contribution in [0.1, 0.15) is 33.6 Å². The summed E-state index contributed by atoms with van der Waals surface area (Å²) < 4.78 is 16.1. The van der Waals surface area contributed by atoms with Crippen molar-refractivity contribution in [3.63, 3.8) is 0 Å². The van der Waals surface area contributed by atoms with Crippen molar-refractivity contribution in [1.29, 1.82) is 0 Å². The summed E-state index contributed by atoms with van der Waals surface area (Å²) in [6.07, 6.45) is 4.57. The Morgan fingerprint density at radius 3 is 2.71 bits per heavy atom. The van der Waals surface area contributed by atoms with Gasteiger partial charge < -0.3 is 24.4 Å². The summed E-state index contributed by atoms with van der Waals surface area (Å²) >= 11 is 0. The quantitative estimate of drug-likeness (QED) is 0.787. The molecular formula is C17H28N2O5. The molecule has 0 saturated carbocycles. The Kier molecular flexibility index (Phi) is 6.23. The van der Waals surface area contributed by atoms with Gasteiger partial charge in [-0.2, -0.15) is 0 Å². The Morgan fingerprint density at radius 2 is 2.04 bits per heavy atom. The molecule has 1 N–H and O–H groups in total. The number of nitrogens with one attached hydrogen (secondary N) is 1. The van der Waals surface area contributed by atoms with Gasteiger partial charge in [-0.1, -0.05) is 12.2 Å². The third kappa shape index (κ3) is 4.95. The molecule has 0 radical (unpaired) electrons. The van der Waals surface area contributed by atoms with E-state index in [1.807, 2.05) is 17.1 Å². The average molecular weight is 340 g/mol. The van der Waals surface area contributed by atoms with Crippen molar-refractivity contribution in [3.05, 3.63) is 12.2 Å². The maximum Gasteiger partial charge on any atom is 0.408 e. The van der Waals surface area contributed by atoms with Crippen LogP contribution in [0.25, 0.3) is 0 Å². The standard InChI is InChI=1S/C17H28N2O5/c1-17(2,3)24-16(21)18-14-8-6-5-7-12-10-23-11-13(9-22-4)19(12)15(14)20/h5-6,12-14H,7-11H2,1-4H3,(H,18,21)/b6-5-. The first-order chi connectivity index (χ1) is 11.3. The molecule has 2 rings (SSSR count). The fourth-order valence-corrected chi connectivity index (χ4v) is 3.00. The fraction of sp³-hybridized carbons (Fsp3) is 0.765. The molecule has 3 unspecified atom stereocenters. The molecule has 2 heterocycles. The van der Waals surface area contributed by atoms with Gasteiger partial charge in [0.1, 0.15) is 11.6 Å². The normalized spacial score (nSPS) is 29.2. The molecule has 0 aliphatic carbocycles. The number of nitrogens with zero attached hydrogens (tertiary/aromatic N) is 1. The van der Waals surface area contributed by atoms with Crippen molar-refractivity contribution < 1.29 is 23.8 Å². The van der Waals surface area contributed by atoms with E-state index < -0.39 is 17.7 Å². The number of methoxy groups -OCH3 is 1. The highest BCUT2D eigenvalue weighted by Gasteiger charge is 2.39. The molecule has 7 nitrogen and oxygen atoms in total. The number of ether oxygens (including phenoxy) is 3. The highest BCUT2D eigenvalue weighted by molar-refractivity contribution is 5.86. The van der Waals surface area contributed by atoms with E-state index >= 15 is 0 Å². The zero-order chi connectivity index (χ0) is 17.7. The maximum atomic E-state index is 13.0. The number of amides is 2. The second-order valence-corrected chi connectivity index (χ2v) is 7.19. The van der Waals surface area contributed by atoms with Crippen LogP contribution in [-0.2, 0) is 19.0 Å². The second-order valence-electron chi connectivity index (χ2n) is 7.19. The number of hydrogen-bond donors (Lipinski definition) is 1. The van der Waals surface area contributed by atoms with E-state index in [1.165, 1.54) is 0 Å². The topological polar surface area (TPSA) is 77.1 Å². The number of alkyl carbamates (subject to hydrolysis) is 1. The van der Waals surface area contributed by atoms with Gasteiger partial charge in [-0.05, 0) is 33.6 Å². The fourth-order valence-electron chi connectivity index (χ4n) is 3.00. The molecule has 7 heteroatoms. The van der Waals surface area contributed by atoms with Gasteiger partial charge in [0, 0.05) is 7.11 Å². The molecule has 0 spiro atoms. The van der Waals surface area contributed by atoms with Crippen LogP contribution >= 0.6 is 0 Å². The maximum absolute atomic E-state index is 13.0. The molecule has 1 fully saturated rings. The van der Waals surface area contributed by atoms with Gasteiger partial charge in [-0.25, -0.2) is 4.79 Å². The smallest absolute Gasteiger partial charge is 0.408 e. The van der Waals surface area contributed by atoms with Crippen LogP contribution in [0.15, 0.2) is 12.2 Å². The molecule has 0 aromatic rings. The Morgan fingerprint density at radius 1 is 1.33 bits per heavy atom. The minimum atomic E-state index is -0.642. The number of carbonyl (C=O) groups is 2. The van der Waals surface area contributed by atoms with E-state index in [4.69, 9.17) is 14.2 Å².